The van der Waals surface area contributed by atoms with E-state index in [4.69, 9.17) is 10.8 Å². The maximum absolute atomic E-state index is 11.7. The minimum absolute atomic E-state index is 0.00290. The quantitative estimate of drug-likeness (QED) is 0.533. The summed E-state index contributed by atoms with van der Waals surface area (Å²) in [7, 11) is -3.13. The van der Waals surface area contributed by atoms with Crippen LogP contribution in [0.2, 0.25) is 0 Å². The van der Waals surface area contributed by atoms with E-state index in [1.807, 2.05) is 0 Å². The van der Waals surface area contributed by atoms with Gasteiger partial charge in [0, 0.05) is 13.1 Å². The fourth-order valence-corrected chi connectivity index (χ4v) is 2.76. The van der Waals surface area contributed by atoms with Crippen LogP contribution in [0.1, 0.15) is 6.42 Å². The number of hydrogen-bond donors (Lipinski definition) is 3. The number of carboxylic acids is 1. The first-order chi connectivity index (χ1) is 8.71. The zero-order valence-corrected chi connectivity index (χ0v) is 10.9. The van der Waals surface area contributed by atoms with Crippen molar-refractivity contribution in [3.63, 3.8) is 0 Å². The molecule has 0 spiro atoms. The SMILES string of the molecule is NC(=O)C[C@H](NC(=O)N1CCS(=O)(=O)CC1)C(=O)O. The van der Waals surface area contributed by atoms with Gasteiger partial charge in [0.1, 0.15) is 6.04 Å². The lowest BCUT2D eigenvalue weighted by molar-refractivity contribution is -0.140. The Labute approximate surface area is 109 Å². The van der Waals surface area contributed by atoms with Crippen LogP contribution in [0, 0.1) is 0 Å². The maximum atomic E-state index is 11.7. The topological polar surface area (TPSA) is 147 Å². The predicted molar refractivity (Wildman–Crippen MR) is 64.0 cm³/mol. The summed E-state index contributed by atoms with van der Waals surface area (Å²) in [4.78, 5) is 34.4. The Kier molecular flexibility index (Phi) is 4.70. The van der Waals surface area contributed by atoms with E-state index in [0.717, 1.165) is 0 Å². The standard InChI is InChI=1S/C9H15N3O6S/c10-7(13)5-6(8(14)15)11-9(16)12-1-3-19(17,18)4-2-12/h6H,1-5H2,(H2,10,13)(H,11,16)(H,14,15)/t6-/m0/s1. The minimum atomic E-state index is -3.13. The molecule has 4 N–H and O–H groups in total. The molecule has 1 atom stereocenters. The van der Waals surface area contributed by atoms with Crippen LogP contribution in [0.3, 0.4) is 0 Å². The van der Waals surface area contributed by atoms with Crippen molar-refractivity contribution in [2.24, 2.45) is 5.73 Å². The van der Waals surface area contributed by atoms with E-state index in [1.165, 1.54) is 4.90 Å². The lowest BCUT2D eigenvalue weighted by Crippen LogP contribution is -2.53. The molecule has 1 rings (SSSR count). The highest BCUT2D eigenvalue weighted by molar-refractivity contribution is 7.91. The number of carbonyl (C=O) groups excluding carboxylic acids is 2. The van der Waals surface area contributed by atoms with Crippen LogP contribution in [0.25, 0.3) is 0 Å². The molecule has 0 aliphatic carbocycles. The summed E-state index contributed by atoms with van der Waals surface area (Å²) in [5.74, 6) is -2.55. The number of nitrogens with zero attached hydrogens (tertiary/aromatic N) is 1. The van der Waals surface area contributed by atoms with E-state index in [0.29, 0.717) is 0 Å². The van der Waals surface area contributed by atoms with Crippen molar-refractivity contribution < 1.29 is 27.9 Å². The largest absolute Gasteiger partial charge is 0.480 e. The molecule has 10 heteroatoms. The summed E-state index contributed by atoms with van der Waals surface area (Å²) in [6.07, 6.45) is -0.521. The molecule has 0 bridgehead atoms. The molecule has 1 aliphatic heterocycles. The van der Waals surface area contributed by atoms with Crippen LogP contribution in [-0.4, -0.2) is 67.0 Å². The summed E-state index contributed by atoms with van der Waals surface area (Å²) in [6, 6.07) is -2.13. The van der Waals surface area contributed by atoms with Gasteiger partial charge >= 0.3 is 12.0 Å². The second-order valence-electron chi connectivity index (χ2n) is 4.15. The molecule has 1 saturated heterocycles. The predicted octanol–water partition coefficient (Wildman–Crippen LogP) is -2.24. The van der Waals surface area contributed by atoms with E-state index in [-0.39, 0.29) is 24.6 Å². The monoisotopic (exact) mass is 293 g/mol. The summed E-state index contributed by atoms with van der Waals surface area (Å²) in [5, 5.41) is 11.0. The number of urea groups is 1. The number of nitrogens with two attached hydrogens (primary N) is 1. The van der Waals surface area contributed by atoms with Gasteiger partial charge in [-0.15, -0.1) is 0 Å². The van der Waals surface area contributed by atoms with Crippen molar-refractivity contribution in [3.05, 3.63) is 0 Å². The zero-order valence-electron chi connectivity index (χ0n) is 10.0. The van der Waals surface area contributed by atoms with Gasteiger partial charge < -0.3 is 21.1 Å². The van der Waals surface area contributed by atoms with Gasteiger partial charge in [-0.25, -0.2) is 18.0 Å². The Balaban J connectivity index is 2.58. The molecule has 0 aromatic rings. The fourth-order valence-electron chi connectivity index (χ4n) is 1.56. The number of sulfone groups is 1. The Bertz CT molecular complexity index is 474. The number of aliphatic carboxylic acids is 1. The van der Waals surface area contributed by atoms with Crippen LogP contribution >= 0.6 is 0 Å². The molecule has 0 radical (unpaired) electrons. The molecule has 3 amide bonds. The van der Waals surface area contributed by atoms with Gasteiger partial charge in [0.2, 0.25) is 5.91 Å². The van der Waals surface area contributed by atoms with Crippen LogP contribution in [-0.2, 0) is 19.4 Å². The first kappa shape index (κ1) is 15.2. The van der Waals surface area contributed by atoms with Crippen molar-refractivity contribution in [1.29, 1.82) is 0 Å². The molecule has 1 aliphatic rings. The number of amides is 3. The first-order valence-electron chi connectivity index (χ1n) is 5.48. The molecular formula is C9H15N3O6S. The van der Waals surface area contributed by atoms with E-state index in [1.54, 1.807) is 0 Å². The average molecular weight is 293 g/mol. The Hall–Kier alpha value is -1.84. The number of nitrogens with one attached hydrogen (secondary N) is 1. The van der Waals surface area contributed by atoms with Gasteiger partial charge in [-0.3, -0.25) is 4.79 Å². The van der Waals surface area contributed by atoms with Crippen molar-refractivity contribution in [1.82, 2.24) is 10.2 Å². The lowest BCUT2D eigenvalue weighted by atomic mass is 10.2. The lowest BCUT2D eigenvalue weighted by Gasteiger charge is -2.28. The van der Waals surface area contributed by atoms with Gasteiger partial charge in [0.15, 0.2) is 9.84 Å². The van der Waals surface area contributed by atoms with Crippen molar-refractivity contribution in [3.8, 4) is 0 Å². The number of primary amides is 1. The molecule has 0 aromatic carbocycles. The summed E-state index contributed by atoms with van der Waals surface area (Å²) < 4.78 is 22.4. The van der Waals surface area contributed by atoms with Crippen LogP contribution < -0.4 is 11.1 Å². The molecule has 0 unspecified atom stereocenters. The van der Waals surface area contributed by atoms with Crippen molar-refractivity contribution in [2.45, 2.75) is 12.5 Å². The van der Waals surface area contributed by atoms with E-state index in [9.17, 15) is 22.8 Å². The van der Waals surface area contributed by atoms with E-state index in [2.05, 4.69) is 5.32 Å². The van der Waals surface area contributed by atoms with Gasteiger partial charge in [-0.1, -0.05) is 0 Å². The third kappa shape index (κ3) is 4.73. The summed E-state index contributed by atoms with van der Waals surface area (Å²) in [5.41, 5.74) is 4.87. The summed E-state index contributed by atoms with van der Waals surface area (Å²) in [6.45, 7) is -0.00580. The third-order valence-corrected chi connectivity index (χ3v) is 4.24. The van der Waals surface area contributed by atoms with Gasteiger partial charge in [-0.2, -0.15) is 0 Å². The van der Waals surface area contributed by atoms with Crippen LogP contribution in [0.15, 0.2) is 0 Å². The third-order valence-electron chi connectivity index (χ3n) is 2.63. The van der Waals surface area contributed by atoms with E-state index >= 15 is 0 Å². The number of rotatable bonds is 4. The molecular weight excluding hydrogens is 278 g/mol. The van der Waals surface area contributed by atoms with Gasteiger partial charge in [-0.05, 0) is 0 Å². The molecule has 108 valence electrons. The minimum Gasteiger partial charge on any atom is -0.480 e. The molecule has 1 heterocycles. The van der Waals surface area contributed by atoms with Gasteiger partial charge in [0.25, 0.3) is 0 Å². The fraction of sp³-hybridized carbons (Fsp3) is 0.667. The maximum Gasteiger partial charge on any atom is 0.326 e. The average Bonchev–Trinajstić information content (AvgIpc) is 2.27. The molecule has 0 aromatic heterocycles. The van der Waals surface area contributed by atoms with E-state index < -0.39 is 40.2 Å². The molecule has 19 heavy (non-hydrogen) atoms. The highest BCUT2D eigenvalue weighted by Gasteiger charge is 2.28. The Morgan fingerprint density at radius 3 is 2.21 bits per heavy atom. The second kappa shape index (κ2) is 5.87. The first-order valence-corrected chi connectivity index (χ1v) is 7.30. The number of carboxylic acid groups (broad SMARTS) is 1. The van der Waals surface area contributed by atoms with Crippen LogP contribution in [0.5, 0.6) is 0 Å². The smallest absolute Gasteiger partial charge is 0.326 e. The summed E-state index contributed by atoms with van der Waals surface area (Å²) >= 11 is 0. The number of hydrogen-bond acceptors (Lipinski definition) is 5. The van der Waals surface area contributed by atoms with Gasteiger partial charge in [0.05, 0.1) is 17.9 Å². The highest BCUT2D eigenvalue weighted by atomic mass is 32.2. The highest BCUT2D eigenvalue weighted by Crippen LogP contribution is 2.04. The van der Waals surface area contributed by atoms with Crippen molar-refractivity contribution >= 4 is 27.7 Å². The number of carbonyl (C=O) groups is 3. The molecule has 1 fully saturated rings. The van der Waals surface area contributed by atoms with Crippen molar-refractivity contribution in [2.75, 3.05) is 24.6 Å². The molecule has 9 nitrogen and oxygen atoms in total. The molecule has 0 saturated carbocycles. The normalized spacial score (nSPS) is 19.5. The zero-order chi connectivity index (χ0) is 14.6. The Morgan fingerprint density at radius 2 is 1.79 bits per heavy atom. The van der Waals surface area contributed by atoms with Crippen LogP contribution in [0.4, 0.5) is 4.79 Å². The Morgan fingerprint density at radius 1 is 1.26 bits per heavy atom. The second-order valence-corrected chi connectivity index (χ2v) is 6.45.